The van der Waals surface area contributed by atoms with Crippen LogP contribution in [0.1, 0.15) is 61.0 Å². The molecule has 1 saturated heterocycles. The molecule has 1 unspecified atom stereocenters. The normalized spacial score (nSPS) is 25.4. The van der Waals surface area contributed by atoms with Gasteiger partial charge < -0.3 is 19.5 Å². The first-order chi connectivity index (χ1) is 13.1. The summed E-state index contributed by atoms with van der Waals surface area (Å²) in [4.78, 5) is 17.8. The average molecular weight is 376 g/mol. The van der Waals surface area contributed by atoms with E-state index in [2.05, 4.69) is 9.88 Å². The Morgan fingerprint density at radius 3 is 2.44 bits per heavy atom. The second-order valence-corrected chi connectivity index (χ2v) is 7.85. The van der Waals surface area contributed by atoms with Crippen LogP contribution >= 0.6 is 0 Å². The van der Waals surface area contributed by atoms with Gasteiger partial charge in [0.15, 0.2) is 12.6 Å². The van der Waals surface area contributed by atoms with Gasteiger partial charge in [0.25, 0.3) is 0 Å². The zero-order valence-electron chi connectivity index (χ0n) is 16.5. The second-order valence-electron chi connectivity index (χ2n) is 7.85. The van der Waals surface area contributed by atoms with E-state index >= 15 is 0 Å². The number of aliphatic hydroxyl groups excluding tert-OH is 1. The molecule has 0 aromatic carbocycles. The molecule has 1 aromatic rings. The number of carbonyl (C=O) groups excluding carboxylic acids is 1. The number of aliphatic hydroxyl groups is 1. The van der Waals surface area contributed by atoms with Crippen molar-refractivity contribution in [2.45, 2.75) is 70.4 Å². The standard InChI is InChI=1S/C21H32N2O4/c1-15-17(14-24)5-8-20(22-15)23-11-9-19(10-12-23)27-18-6-3-16(4-7-18)13-21(25)26-2/h5,8,14,16,18-19,21,25H,3-4,6-7,9-13H2,1-2H3. The molecule has 1 aliphatic carbocycles. The zero-order chi connectivity index (χ0) is 19.2. The monoisotopic (exact) mass is 376 g/mol. The molecule has 3 rings (SSSR count). The van der Waals surface area contributed by atoms with Crippen LogP contribution in [0.3, 0.4) is 0 Å². The van der Waals surface area contributed by atoms with Gasteiger partial charge >= 0.3 is 0 Å². The Morgan fingerprint density at radius 1 is 1.19 bits per heavy atom. The number of nitrogens with zero attached hydrogens (tertiary/aromatic N) is 2. The summed E-state index contributed by atoms with van der Waals surface area (Å²) in [7, 11) is 1.55. The summed E-state index contributed by atoms with van der Waals surface area (Å²) in [6, 6.07) is 3.79. The Balaban J connectivity index is 1.41. The molecule has 1 aliphatic heterocycles. The van der Waals surface area contributed by atoms with Gasteiger partial charge in [-0.05, 0) is 63.5 Å². The lowest BCUT2D eigenvalue weighted by Crippen LogP contribution is -2.39. The van der Waals surface area contributed by atoms with Crippen LogP contribution in [-0.4, -0.2) is 55.1 Å². The second kappa shape index (κ2) is 9.62. The van der Waals surface area contributed by atoms with Gasteiger partial charge in [-0.1, -0.05) is 0 Å². The molecule has 1 saturated carbocycles. The number of methoxy groups -OCH3 is 1. The third-order valence-electron chi connectivity index (χ3n) is 5.99. The lowest BCUT2D eigenvalue weighted by Gasteiger charge is -2.36. The van der Waals surface area contributed by atoms with Gasteiger partial charge in [-0.3, -0.25) is 4.79 Å². The fourth-order valence-corrected chi connectivity index (χ4v) is 4.24. The topological polar surface area (TPSA) is 71.9 Å². The van der Waals surface area contributed by atoms with Crippen molar-refractivity contribution >= 4 is 12.1 Å². The van der Waals surface area contributed by atoms with E-state index < -0.39 is 6.29 Å². The van der Waals surface area contributed by atoms with Gasteiger partial charge in [-0.15, -0.1) is 0 Å². The van der Waals surface area contributed by atoms with E-state index in [4.69, 9.17) is 9.47 Å². The molecule has 27 heavy (non-hydrogen) atoms. The predicted molar refractivity (Wildman–Crippen MR) is 104 cm³/mol. The Bertz CT molecular complexity index is 608. The van der Waals surface area contributed by atoms with E-state index in [9.17, 15) is 9.90 Å². The molecular formula is C21H32N2O4. The smallest absolute Gasteiger partial charge is 0.154 e. The number of anilines is 1. The van der Waals surface area contributed by atoms with Crippen molar-refractivity contribution in [1.82, 2.24) is 4.98 Å². The predicted octanol–water partition coefficient (Wildman–Crippen LogP) is 3.10. The van der Waals surface area contributed by atoms with Gasteiger partial charge in [-0.25, -0.2) is 4.98 Å². The van der Waals surface area contributed by atoms with Gasteiger partial charge in [-0.2, -0.15) is 0 Å². The fourth-order valence-electron chi connectivity index (χ4n) is 4.24. The molecule has 1 aromatic heterocycles. The Hall–Kier alpha value is -1.50. The SMILES string of the molecule is COC(O)CC1CCC(OC2CCN(c3ccc(C=O)c(C)n3)CC2)CC1. The Labute approximate surface area is 161 Å². The van der Waals surface area contributed by atoms with E-state index in [-0.39, 0.29) is 0 Å². The summed E-state index contributed by atoms with van der Waals surface area (Å²) in [5.74, 6) is 1.50. The van der Waals surface area contributed by atoms with Crippen LogP contribution in [0.15, 0.2) is 12.1 Å². The first kappa shape index (κ1) is 20.2. The van der Waals surface area contributed by atoms with Gasteiger partial charge in [0.1, 0.15) is 5.82 Å². The number of ether oxygens (including phenoxy) is 2. The number of piperidine rings is 1. The third kappa shape index (κ3) is 5.50. The molecule has 1 atom stereocenters. The molecule has 2 aliphatic rings. The van der Waals surface area contributed by atoms with Crippen LogP contribution in [-0.2, 0) is 9.47 Å². The van der Waals surface area contributed by atoms with E-state index in [1.54, 1.807) is 7.11 Å². The van der Waals surface area contributed by atoms with Crippen molar-refractivity contribution in [3.05, 3.63) is 23.4 Å². The number of rotatable bonds is 7. The van der Waals surface area contributed by atoms with Gasteiger partial charge in [0.05, 0.1) is 17.9 Å². The van der Waals surface area contributed by atoms with E-state index in [0.29, 0.717) is 23.7 Å². The largest absolute Gasteiger partial charge is 0.375 e. The molecule has 0 amide bonds. The minimum Gasteiger partial charge on any atom is -0.375 e. The highest BCUT2D eigenvalue weighted by atomic mass is 16.6. The van der Waals surface area contributed by atoms with Crippen LogP contribution < -0.4 is 4.90 Å². The maximum Gasteiger partial charge on any atom is 0.154 e. The molecule has 6 nitrogen and oxygen atoms in total. The lowest BCUT2D eigenvalue weighted by molar-refractivity contribution is -0.0969. The van der Waals surface area contributed by atoms with Crippen LogP contribution in [0.25, 0.3) is 0 Å². The number of hydrogen-bond acceptors (Lipinski definition) is 6. The number of pyridine rings is 1. The molecule has 0 radical (unpaired) electrons. The number of aromatic nitrogens is 1. The van der Waals surface area contributed by atoms with E-state index in [1.165, 1.54) is 0 Å². The highest BCUT2D eigenvalue weighted by Crippen LogP contribution is 2.31. The molecule has 2 fully saturated rings. The highest BCUT2D eigenvalue weighted by molar-refractivity contribution is 5.76. The van der Waals surface area contributed by atoms with Crippen molar-refractivity contribution in [3.8, 4) is 0 Å². The van der Waals surface area contributed by atoms with Crippen molar-refractivity contribution < 1.29 is 19.4 Å². The van der Waals surface area contributed by atoms with Gasteiger partial charge in [0, 0.05) is 32.2 Å². The summed E-state index contributed by atoms with van der Waals surface area (Å²) in [5, 5.41) is 9.62. The van der Waals surface area contributed by atoms with Gasteiger partial charge in [0.2, 0.25) is 0 Å². The Morgan fingerprint density at radius 2 is 1.85 bits per heavy atom. The van der Waals surface area contributed by atoms with Crippen LogP contribution in [0, 0.1) is 12.8 Å². The number of carbonyl (C=O) groups is 1. The quantitative estimate of drug-likeness (QED) is 0.582. The summed E-state index contributed by atoms with van der Waals surface area (Å²) in [6.45, 7) is 3.75. The summed E-state index contributed by atoms with van der Waals surface area (Å²) < 4.78 is 11.3. The fraction of sp³-hybridized carbons (Fsp3) is 0.714. The van der Waals surface area contributed by atoms with E-state index in [0.717, 1.165) is 75.8 Å². The average Bonchev–Trinajstić information content (AvgIpc) is 2.70. The number of hydrogen-bond donors (Lipinski definition) is 1. The summed E-state index contributed by atoms with van der Waals surface area (Å²) in [5.41, 5.74) is 1.45. The van der Waals surface area contributed by atoms with Crippen LogP contribution in [0.5, 0.6) is 0 Å². The minimum absolute atomic E-state index is 0.322. The van der Waals surface area contributed by atoms with Crippen LogP contribution in [0.4, 0.5) is 5.82 Å². The number of aryl methyl sites for hydroxylation is 1. The minimum atomic E-state index is -0.630. The Kier molecular flexibility index (Phi) is 7.21. The van der Waals surface area contributed by atoms with Crippen LogP contribution in [0.2, 0.25) is 0 Å². The number of aldehydes is 1. The highest BCUT2D eigenvalue weighted by Gasteiger charge is 2.28. The molecule has 2 heterocycles. The maximum atomic E-state index is 10.9. The molecule has 0 spiro atoms. The zero-order valence-corrected chi connectivity index (χ0v) is 16.5. The first-order valence-electron chi connectivity index (χ1n) is 10.1. The van der Waals surface area contributed by atoms with E-state index in [1.807, 2.05) is 19.1 Å². The maximum absolute atomic E-state index is 10.9. The third-order valence-corrected chi connectivity index (χ3v) is 5.99. The summed E-state index contributed by atoms with van der Waals surface area (Å²) >= 11 is 0. The molecular weight excluding hydrogens is 344 g/mol. The molecule has 1 N–H and O–H groups in total. The van der Waals surface area contributed by atoms with Crippen molar-refractivity contribution in [2.24, 2.45) is 5.92 Å². The molecule has 6 heteroatoms. The molecule has 150 valence electrons. The van der Waals surface area contributed by atoms with Crippen molar-refractivity contribution in [3.63, 3.8) is 0 Å². The van der Waals surface area contributed by atoms with Crippen molar-refractivity contribution in [2.75, 3.05) is 25.1 Å². The van der Waals surface area contributed by atoms with Crippen molar-refractivity contribution in [1.29, 1.82) is 0 Å². The molecule has 0 bridgehead atoms. The lowest BCUT2D eigenvalue weighted by atomic mass is 9.85. The summed E-state index contributed by atoms with van der Waals surface area (Å²) in [6.07, 6.45) is 8.03. The first-order valence-corrected chi connectivity index (χ1v) is 10.1.